The van der Waals surface area contributed by atoms with E-state index in [1.165, 1.54) is 12.1 Å². The van der Waals surface area contributed by atoms with Gasteiger partial charge in [-0.15, -0.1) is 0 Å². The van der Waals surface area contributed by atoms with Crippen molar-refractivity contribution in [1.82, 2.24) is 0 Å². The van der Waals surface area contributed by atoms with Crippen LogP contribution in [0, 0.1) is 5.82 Å². The monoisotopic (exact) mass is 352 g/mol. The molecule has 0 saturated carbocycles. The zero-order chi connectivity index (χ0) is 12.1. The van der Waals surface area contributed by atoms with Crippen LogP contribution >= 0.6 is 31.9 Å². The summed E-state index contributed by atoms with van der Waals surface area (Å²) in [6, 6.07) is 2.76. The summed E-state index contributed by atoms with van der Waals surface area (Å²) in [5.74, 6) is -0.703. The minimum Gasteiger partial charge on any atom is -0.466 e. The van der Waals surface area contributed by atoms with E-state index in [0.717, 1.165) is 10.0 Å². The molecule has 0 radical (unpaired) electrons. The predicted octanol–water partition coefficient (Wildman–Crippen LogP) is 3.59. The summed E-state index contributed by atoms with van der Waals surface area (Å²) in [6.45, 7) is 2.07. The number of ether oxygens (including phenoxy) is 1. The molecule has 0 aliphatic rings. The van der Waals surface area contributed by atoms with Gasteiger partial charge in [-0.25, -0.2) is 4.39 Å². The SMILES string of the molecule is CCOC(=O)Cc1cc(F)cc(CBr)c1Br. The van der Waals surface area contributed by atoms with Crippen LogP contribution in [0.1, 0.15) is 18.1 Å². The van der Waals surface area contributed by atoms with Crippen molar-refractivity contribution in [3.8, 4) is 0 Å². The summed E-state index contributed by atoms with van der Waals surface area (Å²) in [7, 11) is 0. The van der Waals surface area contributed by atoms with Crippen LogP contribution in [0.15, 0.2) is 16.6 Å². The van der Waals surface area contributed by atoms with Gasteiger partial charge < -0.3 is 4.74 Å². The number of hydrogen-bond donors (Lipinski definition) is 0. The van der Waals surface area contributed by atoms with Crippen molar-refractivity contribution in [1.29, 1.82) is 0 Å². The molecule has 1 aromatic carbocycles. The third-order valence-corrected chi connectivity index (χ3v) is 3.59. The summed E-state index contributed by atoms with van der Waals surface area (Å²) in [5, 5.41) is 0.529. The van der Waals surface area contributed by atoms with Crippen LogP contribution in [0.4, 0.5) is 4.39 Å². The van der Waals surface area contributed by atoms with Crippen molar-refractivity contribution < 1.29 is 13.9 Å². The lowest BCUT2D eigenvalue weighted by molar-refractivity contribution is -0.142. The molecule has 88 valence electrons. The normalized spacial score (nSPS) is 10.2. The first-order valence-electron chi connectivity index (χ1n) is 4.76. The molecule has 1 rings (SSSR count). The number of halogens is 3. The van der Waals surface area contributed by atoms with E-state index in [1.54, 1.807) is 6.92 Å². The molecule has 0 amide bonds. The lowest BCUT2D eigenvalue weighted by atomic mass is 10.1. The van der Waals surface area contributed by atoms with E-state index in [-0.39, 0.29) is 18.2 Å². The molecule has 0 saturated heterocycles. The van der Waals surface area contributed by atoms with Gasteiger partial charge in [-0.1, -0.05) is 31.9 Å². The van der Waals surface area contributed by atoms with E-state index in [0.29, 0.717) is 17.5 Å². The minimum absolute atomic E-state index is 0.0756. The molecule has 0 unspecified atom stereocenters. The van der Waals surface area contributed by atoms with Crippen LogP contribution in [0.25, 0.3) is 0 Å². The topological polar surface area (TPSA) is 26.3 Å². The van der Waals surface area contributed by atoms with Crippen molar-refractivity contribution >= 4 is 37.8 Å². The van der Waals surface area contributed by atoms with Crippen LogP contribution < -0.4 is 0 Å². The molecule has 0 aromatic heterocycles. The largest absolute Gasteiger partial charge is 0.466 e. The second kappa shape index (κ2) is 6.35. The summed E-state index contributed by atoms with van der Waals surface area (Å²) >= 11 is 6.61. The van der Waals surface area contributed by atoms with E-state index in [4.69, 9.17) is 4.74 Å². The molecule has 16 heavy (non-hydrogen) atoms. The number of carbonyl (C=O) groups is 1. The molecule has 0 fully saturated rings. The number of alkyl halides is 1. The minimum atomic E-state index is -0.352. The van der Waals surface area contributed by atoms with Crippen LogP contribution in [0.2, 0.25) is 0 Å². The van der Waals surface area contributed by atoms with Gasteiger partial charge in [0.1, 0.15) is 5.82 Å². The fraction of sp³-hybridized carbons (Fsp3) is 0.364. The van der Waals surface area contributed by atoms with Gasteiger partial charge in [0.15, 0.2) is 0 Å². The van der Waals surface area contributed by atoms with Crippen LogP contribution in [0.3, 0.4) is 0 Å². The van der Waals surface area contributed by atoms with E-state index in [1.807, 2.05) is 0 Å². The van der Waals surface area contributed by atoms with Crippen molar-refractivity contribution in [3.63, 3.8) is 0 Å². The van der Waals surface area contributed by atoms with Gasteiger partial charge >= 0.3 is 5.97 Å². The molecule has 0 bridgehead atoms. The number of rotatable bonds is 4. The number of carbonyl (C=O) groups excluding carboxylic acids is 1. The maximum absolute atomic E-state index is 13.2. The first-order valence-corrected chi connectivity index (χ1v) is 6.68. The highest BCUT2D eigenvalue weighted by Gasteiger charge is 2.12. The van der Waals surface area contributed by atoms with Crippen LogP contribution in [-0.4, -0.2) is 12.6 Å². The highest BCUT2D eigenvalue weighted by Crippen LogP contribution is 2.26. The van der Waals surface area contributed by atoms with Gasteiger partial charge in [0.05, 0.1) is 13.0 Å². The quantitative estimate of drug-likeness (QED) is 0.610. The molecular formula is C11H11Br2FO2. The second-order valence-electron chi connectivity index (χ2n) is 3.15. The van der Waals surface area contributed by atoms with Gasteiger partial charge in [-0.3, -0.25) is 4.79 Å². The summed E-state index contributed by atoms with van der Waals surface area (Å²) in [6.07, 6.45) is 0.0756. The Balaban J connectivity index is 2.95. The van der Waals surface area contributed by atoms with E-state index < -0.39 is 0 Å². The van der Waals surface area contributed by atoms with Gasteiger partial charge in [-0.05, 0) is 30.2 Å². The second-order valence-corrected chi connectivity index (χ2v) is 4.51. The Bertz CT molecular complexity index is 394. The third kappa shape index (κ3) is 3.56. The Hall–Kier alpha value is -0.420. The number of esters is 1. The van der Waals surface area contributed by atoms with Gasteiger partial charge in [0, 0.05) is 9.80 Å². The number of hydrogen-bond acceptors (Lipinski definition) is 2. The fourth-order valence-corrected chi connectivity index (χ4v) is 2.63. The first kappa shape index (κ1) is 13.6. The van der Waals surface area contributed by atoms with E-state index in [9.17, 15) is 9.18 Å². The fourth-order valence-electron chi connectivity index (χ4n) is 1.30. The molecular weight excluding hydrogens is 343 g/mol. The van der Waals surface area contributed by atoms with E-state index in [2.05, 4.69) is 31.9 Å². The highest BCUT2D eigenvalue weighted by molar-refractivity contribution is 9.10. The highest BCUT2D eigenvalue weighted by atomic mass is 79.9. The average Bonchev–Trinajstić information content (AvgIpc) is 2.23. The Morgan fingerprint density at radius 2 is 2.06 bits per heavy atom. The molecule has 1 aromatic rings. The Morgan fingerprint density at radius 1 is 1.44 bits per heavy atom. The molecule has 0 N–H and O–H groups in total. The first-order chi connectivity index (χ1) is 7.58. The van der Waals surface area contributed by atoms with Gasteiger partial charge in [0.2, 0.25) is 0 Å². The Morgan fingerprint density at radius 3 is 2.62 bits per heavy atom. The molecule has 2 nitrogen and oxygen atoms in total. The molecule has 0 atom stereocenters. The third-order valence-electron chi connectivity index (χ3n) is 1.97. The average molecular weight is 354 g/mol. The zero-order valence-corrected chi connectivity index (χ0v) is 11.9. The number of benzene rings is 1. The maximum atomic E-state index is 13.2. The lowest BCUT2D eigenvalue weighted by Crippen LogP contribution is -2.08. The molecule has 0 aliphatic heterocycles. The van der Waals surface area contributed by atoms with Crippen molar-refractivity contribution in [2.24, 2.45) is 0 Å². The van der Waals surface area contributed by atoms with Crippen molar-refractivity contribution in [3.05, 3.63) is 33.5 Å². The molecule has 5 heteroatoms. The van der Waals surface area contributed by atoms with Crippen molar-refractivity contribution in [2.75, 3.05) is 6.61 Å². The molecule has 0 heterocycles. The maximum Gasteiger partial charge on any atom is 0.310 e. The Kier molecular flexibility index (Phi) is 5.41. The van der Waals surface area contributed by atoms with Crippen LogP contribution in [0.5, 0.6) is 0 Å². The predicted molar refractivity (Wildman–Crippen MR) is 67.1 cm³/mol. The molecule has 0 spiro atoms. The summed E-state index contributed by atoms with van der Waals surface area (Å²) in [5.41, 5.74) is 1.38. The molecule has 0 aliphatic carbocycles. The van der Waals surface area contributed by atoms with Crippen molar-refractivity contribution in [2.45, 2.75) is 18.7 Å². The standard InChI is InChI=1S/C11H11Br2FO2/c1-2-16-10(15)5-7-3-9(14)4-8(6-12)11(7)13/h3-4H,2,5-6H2,1H3. The smallest absolute Gasteiger partial charge is 0.310 e. The van der Waals surface area contributed by atoms with Crippen LogP contribution in [-0.2, 0) is 21.3 Å². The van der Waals surface area contributed by atoms with Gasteiger partial charge in [0.25, 0.3) is 0 Å². The Labute approximate surface area is 110 Å². The lowest BCUT2D eigenvalue weighted by Gasteiger charge is -2.08. The van der Waals surface area contributed by atoms with Gasteiger partial charge in [-0.2, -0.15) is 0 Å². The summed E-state index contributed by atoms with van der Waals surface area (Å²) < 4.78 is 18.8. The zero-order valence-electron chi connectivity index (χ0n) is 8.73. The van der Waals surface area contributed by atoms with E-state index >= 15 is 0 Å². The summed E-state index contributed by atoms with van der Waals surface area (Å²) in [4.78, 5) is 11.3.